The summed E-state index contributed by atoms with van der Waals surface area (Å²) in [6, 6.07) is -0.551. The lowest BCUT2D eigenvalue weighted by atomic mass is 10.1. The number of nitrogens with zero attached hydrogens (tertiary/aromatic N) is 1. The van der Waals surface area contributed by atoms with Crippen molar-refractivity contribution in [3.8, 4) is 0 Å². The molecule has 0 aliphatic carbocycles. The molecule has 122 valence electrons. The number of carbonyl (C=O) groups is 2. The largest absolute Gasteiger partial charge is 0.480 e. The van der Waals surface area contributed by atoms with Gasteiger partial charge in [-0.05, 0) is 24.6 Å². The summed E-state index contributed by atoms with van der Waals surface area (Å²) in [6.45, 7) is 0.963. The summed E-state index contributed by atoms with van der Waals surface area (Å²) in [6.07, 6.45) is 0. The molecule has 0 fully saturated rings. The Labute approximate surface area is 131 Å². The first kappa shape index (κ1) is 18.2. The lowest BCUT2D eigenvalue weighted by Crippen LogP contribution is -2.47. The number of benzene rings is 1. The van der Waals surface area contributed by atoms with Crippen LogP contribution in [0, 0.1) is 6.92 Å². The molecule has 1 atom stereocenters. The van der Waals surface area contributed by atoms with Gasteiger partial charge in [-0.1, -0.05) is 11.6 Å². The highest BCUT2D eigenvalue weighted by atomic mass is 35.5. The normalized spacial score (nSPS) is 12.7. The van der Waals surface area contributed by atoms with Gasteiger partial charge in [-0.15, -0.1) is 0 Å². The Kier molecular flexibility index (Phi) is 5.35. The van der Waals surface area contributed by atoms with Crippen LogP contribution < -0.4 is 16.4 Å². The van der Waals surface area contributed by atoms with Crippen molar-refractivity contribution >= 4 is 39.4 Å². The fourth-order valence-electron chi connectivity index (χ4n) is 1.65. The van der Waals surface area contributed by atoms with Crippen molar-refractivity contribution in [2.75, 3.05) is 11.4 Å². The van der Waals surface area contributed by atoms with Crippen molar-refractivity contribution in [3.63, 3.8) is 0 Å². The van der Waals surface area contributed by atoms with Crippen LogP contribution >= 0.6 is 11.6 Å². The number of carbonyl (C=O) groups excluding carboxylic acids is 1. The van der Waals surface area contributed by atoms with Crippen LogP contribution in [-0.2, 0) is 14.9 Å². The maximum absolute atomic E-state index is 11.5. The van der Waals surface area contributed by atoms with Crippen molar-refractivity contribution in [2.45, 2.75) is 17.9 Å². The van der Waals surface area contributed by atoms with Gasteiger partial charge >= 0.3 is 12.0 Å². The zero-order chi connectivity index (χ0) is 17.2. The Balaban J connectivity index is 3.45. The van der Waals surface area contributed by atoms with Crippen molar-refractivity contribution < 1.29 is 27.7 Å². The molecule has 1 aromatic rings. The molecule has 0 unspecified atom stereocenters. The zero-order valence-electron chi connectivity index (χ0n) is 11.4. The van der Waals surface area contributed by atoms with Gasteiger partial charge in [0.05, 0.1) is 17.1 Å². The highest BCUT2D eigenvalue weighted by molar-refractivity contribution is 7.85. The van der Waals surface area contributed by atoms with Crippen LogP contribution in [0.4, 0.5) is 10.5 Å². The van der Waals surface area contributed by atoms with Gasteiger partial charge in [0.1, 0.15) is 6.04 Å². The number of primary amides is 1. The third-order valence-electron chi connectivity index (χ3n) is 2.84. The van der Waals surface area contributed by atoms with Gasteiger partial charge in [0.25, 0.3) is 10.1 Å². The Hall–Kier alpha value is -1.88. The van der Waals surface area contributed by atoms with Crippen molar-refractivity contribution in [1.82, 2.24) is 0 Å². The lowest BCUT2D eigenvalue weighted by molar-refractivity contribution is -0.138. The summed E-state index contributed by atoms with van der Waals surface area (Å²) in [5.74, 6) is -1.37. The fraction of sp³-hybridized carbons (Fsp3) is 0.273. The van der Waals surface area contributed by atoms with E-state index in [9.17, 15) is 18.0 Å². The van der Waals surface area contributed by atoms with Crippen LogP contribution in [0.1, 0.15) is 5.56 Å². The van der Waals surface area contributed by atoms with Crippen LogP contribution in [0.3, 0.4) is 0 Å². The first-order valence-corrected chi connectivity index (χ1v) is 7.60. The van der Waals surface area contributed by atoms with Gasteiger partial charge in [0.2, 0.25) is 0 Å². The third kappa shape index (κ3) is 4.07. The van der Waals surface area contributed by atoms with E-state index in [0.717, 1.165) is 17.0 Å². The molecule has 0 aliphatic heterocycles. The molecular formula is C11H14ClN3O6S. The van der Waals surface area contributed by atoms with E-state index < -0.39 is 39.6 Å². The highest BCUT2D eigenvalue weighted by Gasteiger charge is 2.25. The number of hydrogen-bond acceptors (Lipinski definition) is 5. The van der Waals surface area contributed by atoms with E-state index in [1.807, 2.05) is 0 Å². The van der Waals surface area contributed by atoms with E-state index >= 15 is 0 Å². The number of halogens is 1. The average Bonchev–Trinajstić information content (AvgIpc) is 2.37. The number of aliphatic carboxylic acids is 1. The van der Waals surface area contributed by atoms with E-state index in [1.165, 1.54) is 6.92 Å². The third-order valence-corrected chi connectivity index (χ3v) is 4.07. The molecule has 0 aromatic heterocycles. The van der Waals surface area contributed by atoms with Gasteiger partial charge in [0, 0.05) is 5.02 Å². The molecule has 1 rings (SSSR count). The van der Waals surface area contributed by atoms with E-state index in [4.69, 9.17) is 32.7 Å². The maximum atomic E-state index is 11.5. The van der Waals surface area contributed by atoms with Crippen molar-refractivity contribution in [1.29, 1.82) is 0 Å². The quantitative estimate of drug-likeness (QED) is 0.550. The van der Waals surface area contributed by atoms with Crippen LogP contribution in [0.25, 0.3) is 0 Å². The molecule has 0 bridgehead atoms. The molecule has 22 heavy (non-hydrogen) atoms. The van der Waals surface area contributed by atoms with Crippen LogP contribution in [-0.4, -0.2) is 42.7 Å². The molecule has 0 saturated heterocycles. The molecule has 9 nitrogen and oxygen atoms in total. The second-order valence-corrected chi connectivity index (χ2v) is 6.25. The first-order valence-electron chi connectivity index (χ1n) is 5.78. The summed E-state index contributed by atoms with van der Waals surface area (Å²) >= 11 is 5.87. The Morgan fingerprint density at radius 1 is 1.41 bits per heavy atom. The molecule has 6 N–H and O–H groups in total. The molecule has 0 radical (unpaired) electrons. The number of urea groups is 1. The minimum absolute atomic E-state index is 0.0553. The molecule has 1 aromatic carbocycles. The minimum Gasteiger partial charge on any atom is -0.480 e. The fourth-order valence-corrected chi connectivity index (χ4v) is 2.46. The van der Waals surface area contributed by atoms with Crippen LogP contribution in [0.15, 0.2) is 17.0 Å². The SMILES string of the molecule is Cc1c(Cl)cc(S(=O)(=O)O)cc1N(C[C@H](N)C(=O)O)C(N)=O. The number of anilines is 1. The van der Waals surface area contributed by atoms with E-state index in [0.29, 0.717) is 0 Å². The minimum atomic E-state index is -4.58. The number of amides is 2. The van der Waals surface area contributed by atoms with E-state index in [1.54, 1.807) is 0 Å². The maximum Gasteiger partial charge on any atom is 0.322 e. The van der Waals surface area contributed by atoms with Gasteiger partial charge in [-0.2, -0.15) is 8.42 Å². The Bertz CT molecular complexity index is 721. The smallest absolute Gasteiger partial charge is 0.322 e. The molecule has 0 spiro atoms. The molecular weight excluding hydrogens is 338 g/mol. The second-order valence-electron chi connectivity index (χ2n) is 4.42. The number of hydrogen-bond donors (Lipinski definition) is 4. The molecule has 0 aliphatic rings. The monoisotopic (exact) mass is 351 g/mol. The van der Waals surface area contributed by atoms with Gasteiger partial charge in [-0.25, -0.2) is 4.79 Å². The Morgan fingerprint density at radius 3 is 2.36 bits per heavy atom. The summed E-state index contributed by atoms with van der Waals surface area (Å²) in [7, 11) is -4.58. The van der Waals surface area contributed by atoms with Crippen molar-refractivity contribution in [2.24, 2.45) is 11.5 Å². The predicted octanol–water partition coefficient (Wildman–Crippen LogP) is 0.192. The standard InChI is InChI=1S/C11H14ClN3O6S/c1-5-7(12)2-6(22(19,20)21)3-9(5)15(11(14)18)4-8(13)10(16)17/h2-3,8H,4,13H2,1H3,(H2,14,18)(H,16,17)(H,19,20,21)/t8-/m0/s1. The molecule has 2 amide bonds. The number of nitrogens with two attached hydrogens (primary N) is 2. The van der Waals surface area contributed by atoms with Gasteiger partial charge in [0.15, 0.2) is 0 Å². The molecule has 0 heterocycles. The van der Waals surface area contributed by atoms with Crippen LogP contribution in [0.5, 0.6) is 0 Å². The Morgan fingerprint density at radius 2 is 1.95 bits per heavy atom. The summed E-state index contributed by atoms with van der Waals surface area (Å²) in [5, 5.41) is 8.75. The average molecular weight is 352 g/mol. The summed E-state index contributed by atoms with van der Waals surface area (Å²) in [5.41, 5.74) is 10.7. The number of carboxylic acid groups (broad SMARTS) is 1. The zero-order valence-corrected chi connectivity index (χ0v) is 12.9. The topological polar surface area (TPSA) is 164 Å². The number of carboxylic acids is 1. The lowest BCUT2D eigenvalue weighted by Gasteiger charge is -2.25. The van der Waals surface area contributed by atoms with Crippen LogP contribution in [0.2, 0.25) is 5.02 Å². The number of rotatable bonds is 5. The van der Waals surface area contributed by atoms with E-state index in [-0.39, 0.29) is 16.3 Å². The molecule has 0 saturated carbocycles. The van der Waals surface area contributed by atoms with Gasteiger partial charge in [-0.3, -0.25) is 14.2 Å². The summed E-state index contributed by atoms with van der Waals surface area (Å²) in [4.78, 5) is 22.5. The molecule has 11 heteroatoms. The highest BCUT2D eigenvalue weighted by Crippen LogP contribution is 2.30. The summed E-state index contributed by atoms with van der Waals surface area (Å²) < 4.78 is 31.5. The van der Waals surface area contributed by atoms with Gasteiger partial charge < -0.3 is 16.6 Å². The first-order chi connectivity index (χ1) is 9.95. The second kappa shape index (κ2) is 6.48. The predicted molar refractivity (Wildman–Crippen MR) is 78.5 cm³/mol. The van der Waals surface area contributed by atoms with E-state index in [2.05, 4.69) is 0 Å². The van der Waals surface area contributed by atoms with Crippen molar-refractivity contribution in [3.05, 3.63) is 22.7 Å².